The van der Waals surface area contributed by atoms with E-state index in [1.165, 1.54) is 36.4 Å². The molecule has 0 aliphatic carbocycles. The molecule has 2 rings (SSSR count). The van der Waals surface area contributed by atoms with Gasteiger partial charge in [-0.05, 0) is 42.3 Å². The standard InChI is InChI=1S/C18H17F2NO3/c1-2-16(18(23)24)21(15-8-4-7-14(20)11-15)17(22)10-12-5-3-6-13(19)9-12/h3-9,11,16H,2,10H2,1H3,(H,23,24). The molecule has 0 aliphatic heterocycles. The fourth-order valence-electron chi connectivity index (χ4n) is 2.50. The Labute approximate surface area is 138 Å². The minimum Gasteiger partial charge on any atom is -0.480 e. The number of nitrogens with zero attached hydrogens (tertiary/aromatic N) is 1. The highest BCUT2D eigenvalue weighted by atomic mass is 19.1. The Kier molecular flexibility index (Phi) is 5.63. The van der Waals surface area contributed by atoms with Crippen LogP contribution in [0.1, 0.15) is 18.9 Å². The zero-order valence-corrected chi connectivity index (χ0v) is 13.1. The summed E-state index contributed by atoms with van der Waals surface area (Å²) in [5.74, 6) is -2.78. The van der Waals surface area contributed by atoms with Crippen LogP contribution in [0.5, 0.6) is 0 Å². The molecule has 0 fully saturated rings. The SMILES string of the molecule is CCC(C(=O)O)N(C(=O)Cc1cccc(F)c1)c1cccc(F)c1. The fourth-order valence-corrected chi connectivity index (χ4v) is 2.50. The second-order valence-corrected chi connectivity index (χ2v) is 5.31. The summed E-state index contributed by atoms with van der Waals surface area (Å²) < 4.78 is 26.8. The molecule has 1 atom stereocenters. The van der Waals surface area contributed by atoms with Crippen LogP contribution in [-0.2, 0) is 16.0 Å². The number of anilines is 1. The van der Waals surface area contributed by atoms with Gasteiger partial charge in [0.15, 0.2) is 0 Å². The first kappa shape index (κ1) is 17.6. The molecule has 1 amide bonds. The number of halogens is 2. The van der Waals surface area contributed by atoms with Gasteiger partial charge in [0.05, 0.1) is 6.42 Å². The molecule has 1 unspecified atom stereocenters. The highest BCUT2D eigenvalue weighted by molar-refractivity contribution is 6.00. The monoisotopic (exact) mass is 333 g/mol. The number of carboxylic acid groups (broad SMARTS) is 1. The molecule has 6 heteroatoms. The summed E-state index contributed by atoms with van der Waals surface area (Å²) in [5.41, 5.74) is 0.576. The van der Waals surface area contributed by atoms with Gasteiger partial charge in [0, 0.05) is 5.69 Å². The van der Waals surface area contributed by atoms with Gasteiger partial charge in [0.2, 0.25) is 5.91 Å². The molecule has 0 aliphatic rings. The second-order valence-electron chi connectivity index (χ2n) is 5.31. The van der Waals surface area contributed by atoms with Gasteiger partial charge < -0.3 is 5.11 Å². The van der Waals surface area contributed by atoms with Crippen molar-refractivity contribution in [2.75, 3.05) is 4.90 Å². The largest absolute Gasteiger partial charge is 0.480 e. The molecule has 0 radical (unpaired) electrons. The second kappa shape index (κ2) is 7.68. The summed E-state index contributed by atoms with van der Waals surface area (Å²) in [7, 11) is 0. The van der Waals surface area contributed by atoms with E-state index in [2.05, 4.69) is 0 Å². The number of carboxylic acids is 1. The van der Waals surface area contributed by atoms with Crippen LogP contribution in [0.2, 0.25) is 0 Å². The lowest BCUT2D eigenvalue weighted by atomic mass is 10.1. The van der Waals surface area contributed by atoms with Crippen LogP contribution >= 0.6 is 0 Å². The molecule has 1 N–H and O–H groups in total. The van der Waals surface area contributed by atoms with E-state index in [4.69, 9.17) is 0 Å². The average molecular weight is 333 g/mol. The Balaban J connectivity index is 2.37. The van der Waals surface area contributed by atoms with E-state index in [1.807, 2.05) is 0 Å². The molecular formula is C18H17F2NO3. The molecule has 0 heterocycles. The van der Waals surface area contributed by atoms with Crippen molar-refractivity contribution >= 4 is 17.6 Å². The number of hydrogen-bond acceptors (Lipinski definition) is 2. The van der Waals surface area contributed by atoms with Crippen molar-refractivity contribution in [3.63, 3.8) is 0 Å². The molecule has 2 aromatic rings. The first-order valence-electron chi connectivity index (χ1n) is 7.47. The predicted molar refractivity (Wildman–Crippen MR) is 85.7 cm³/mol. The van der Waals surface area contributed by atoms with Crippen molar-refractivity contribution in [1.29, 1.82) is 0 Å². The lowest BCUT2D eigenvalue weighted by molar-refractivity contribution is -0.140. The van der Waals surface area contributed by atoms with Crippen LogP contribution in [-0.4, -0.2) is 23.0 Å². The topological polar surface area (TPSA) is 57.6 Å². The van der Waals surface area contributed by atoms with Crippen LogP contribution in [0.4, 0.5) is 14.5 Å². The van der Waals surface area contributed by atoms with Crippen molar-refractivity contribution in [3.8, 4) is 0 Å². The first-order valence-corrected chi connectivity index (χ1v) is 7.47. The Bertz CT molecular complexity index is 749. The average Bonchev–Trinajstić information content (AvgIpc) is 2.51. The summed E-state index contributed by atoms with van der Waals surface area (Å²) >= 11 is 0. The van der Waals surface area contributed by atoms with E-state index in [-0.39, 0.29) is 18.5 Å². The van der Waals surface area contributed by atoms with Crippen molar-refractivity contribution in [2.45, 2.75) is 25.8 Å². The molecule has 126 valence electrons. The predicted octanol–water partition coefficient (Wildman–Crippen LogP) is 3.40. The molecule has 24 heavy (non-hydrogen) atoms. The van der Waals surface area contributed by atoms with Gasteiger partial charge in [-0.2, -0.15) is 0 Å². The van der Waals surface area contributed by atoms with Gasteiger partial charge in [-0.3, -0.25) is 9.69 Å². The fraction of sp³-hybridized carbons (Fsp3) is 0.222. The molecule has 0 aromatic heterocycles. The number of amides is 1. The number of benzene rings is 2. The van der Waals surface area contributed by atoms with Gasteiger partial charge in [0.25, 0.3) is 0 Å². The number of hydrogen-bond donors (Lipinski definition) is 1. The van der Waals surface area contributed by atoms with Crippen LogP contribution < -0.4 is 4.90 Å². The molecule has 2 aromatic carbocycles. The maximum Gasteiger partial charge on any atom is 0.326 e. The molecule has 4 nitrogen and oxygen atoms in total. The maximum absolute atomic E-state index is 13.5. The Morgan fingerprint density at radius 1 is 1.08 bits per heavy atom. The summed E-state index contributed by atoms with van der Waals surface area (Å²) in [6, 6.07) is 9.57. The summed E-state index contributed by atoms with van der Waals surface area (Å²) in [6.45, 7) is 1.63. The number of aliphatic carboxylic acids is 1. The van der Waals surface area contributed by atoms with Crippen LogP contribution in [0, 0.1) is 11.6 Å². The Morgan fingerprint density at radius 3 is 2.25 bits per heavy atom. The van der Waals surface area contributed by atoms with Crippen LogP contribution in [0.15, 0.2) is 48.5 Å². The highest BCUT2D eigenvalue weighted by Crippen LogP contribution is 2.22. The van der Waals surface area contributed by atoms with Gasteiger partial charge in [-0.1, -0.05) is 25.1 Å². The highest BCUT2D eigenvalue weighted by Gasteiger charge is 2.29. The summed E-state index contributed by atoms with van der Waals surface area (Å²) in [5, 5.41) is 9.39. The quantitative estimate of drug-likeness (QED) is 0.881. The molecule has 0 bridgehead atoms. The van der Waals surface area contributed by atoms with Gasteiger partial charge in [-0.15, -0.1) is 0 Å². The zero-order chi connectivity index (χ0) is 17.7. The summed E-state index contributed by atoms with van der Waals surface area (Å²) in [4.78, 5) is 25.2. The van der Waals surface area contributed by atoms with Crippen LogP contribution in [0.25, 0.3) is 0 Å². The third-order valence-corrected chi connectivity index (χ3v) is 3.58. The lowest BCUT2D eigenvalue weighted by Crippen LogP contribution is -2.45. The van der Waals surface area contributed by atoms with Crippen molar-refractivity contribution in [1.82, 2.24) is 0 Å². The number of carbonyl (C=O) groups excluding carboxylic acids is 1. The van der Waals surface area contributed by atoms with Crippen molar-refractivity contribution in [3.05, 3.63) is 65.7 Å². The van der Waals surface area contributed by atoms with Crippen LogP contribution in [0.3, 0.4) is 0 Å². The van der Waals surface area contributed by atoms with E-state index in [0.29, 0.717) is 5.56 Å². The number of carbonyl (C=O) groups is 2. The third kappa shape index (κ3) is 4.16. The van der Waals surface area contributed by atoms with E-state index < -0.39 is 29.6 Å². The molecular weight excluding hydrogens is 316 g/mol. The van der Waals surface area contributed by atoms with E-state index in [0.717, 1.165) is 11.0 Å². The Hall–Kier alpha value is -2.76. The minimum absolute atomic E-state index is 0.154. The minimum atomic E-state index is -1.19. The van der Waals surface area contributed by atoms with Crippen molar-refractivity contribution in [2.24, 2.45) is 0 Å². The van der Waals surface area contributed by atoms with Gasteiger partial charge in [-0.25, -0.2) is 13.6 Å². The number of rotatable bonds is 6. The maximum atomic E-state index is 13.5. The first-order chi connectivity index (χ1) is 11.4. The third-order valence-electron chi connectivity index (χ3n) is 3.58. The molecule has 0 saturated carbocycles. The van der Waals surface area contributed by atoms with E-state index >= 15 is 0 Å². The van der Waals surface area contributed by atoms with Gasteiger partial charge >= 0.3 is 5.97 Å². The van der Waals surface area contributed by atoms with E-state index in [1.54, 1.807) is 13.0 Å². The zero-order valence-electron chi connectivity index (χ0n) is 13.1. The normalized spacial score (nSPS) is 11.8. The van der Waals surface area contributed by atoms with Gasteiger partial charge in [0.1, 0.15) is 17.7 Å². The molecule has 0 saturated heterocycles. The Morgan fingerprint density at radius 2 is 1.71 bits per heavy atom. The smallest absolute Gasteiger partial charge is 0.326 e. The lowest BCUT2D eigenvalue weighted by Gasteiger charge is -2.28. The van der Waals surface area contributed by atoms with E-state index in [9.17, 15) is 23.5 Å². The summed E-state index contributed by atoms with van der Waals surface area (Å²) in [6.07, 6.45) is -0.0290. The molecule has 0 spiro atoms. The van der Waals surface area contributed by atoms with Crippen molar-refractivity contribution < 1.29 is 23.5 Å².